The summed E-state index contributed by atoms with van der Waals surface area (Å²) in [5, 5.41) is 14.0. The molecule has 2 rings (SSSR count). The van der Waals surface area contributed by atoms with E-state index in [1.54, 1.807) is 17.4 Å². The predicted molar refractivity (Wildman–Crippen MR) is 107 cm³/mol. The van der Waals surface area contributed by atoms with E-state index in [0.717, 1.165) is 17.8 Å². The number of rotatable bonds is 7. The van der Waals surface area contributed by atoms with Crippen LogP contribution < -0.4 is 16.0 Å². The van der Waals surface area contributed by atoms with Gasteiger partial charge in [0.05, 0.1) is 6.54 Å². The Hall–Kier alpha value is -2.05. The Morgan fingerprint density at radius 1 is 1.28 bits per heavy atom. The Bertz CT molecular complexity index is 716. The molecule has 0 aliphatic heterocycles. The van der Waals surface area contributed by atoms with E-state index in [-0.39, 0.29) is 5.91 Å². The number of halogens is 1. The van der Waals surface area contributed by atoms with Crippen molar-refractivity contribution in [1.29, 1.82) is 0 Å². The third kappa shape index (κ3) is 6.40. The molecule has 7 heteroatoms. The third-order valence-corrected chi connectivity index (χ3v) is 4.67. The maximum Gasteiger partial charge on any atom is 0.226 e. The van der Waals surface area contributed by atoms with E-state index < -0.39 is 0 Å². The van der Waals surface area contributed by atoms with E-state index in [0.29, 0.717) is 30.5 Å². The number of hydrogen-bond acceptors (Lipinski definition) is 3. The largest absolute Gasteiger partial charge is 0.357 e. The Kier molecular flexibility index (Phi) is 7.76. The van der Waals surface area contributed by atoms with Gasteiger partial charge in [-0.3, -0.25) is 4.79 Å². The van der Waals surface area contributed by atoms with Gasteiger partial charge in [-0.05, 0) is 53.9 Å². The van der Waals surface area contributed by atoms with Gasteiger partial charge in [0.2, 0.25) is 5.91 Å². The number of anilines is 1. The van der Waals surface area contributed by atoms with E-state index in [1.165, 1.54) is 5.56 Å². The summed E-state index contributed by atoms with van der Waals surface area (Å²) in [5.41, 5.74) is 2.79. The Labute approximate surface area is 157 Å². The van der Waals surface area contributed by atoms with Crippen LogP contribution in [0.15, 0.2) is 40.0 Å². The molecule has 0 radical (unpaired) electrons. The van der Waals surface area contributed by atoms with E-state index in [2.05, 4.69) is 32.4 Å². The smallest absolute Gasteiger partial charge is 0.226 e. The van der Waals surface area contributed by atoms with E-state index in [9.17, 15) is 4.79 Å². The highest BCUT2D eigenvalue weighted by Crippen LogP contribution is 2.22. The molecule has 1 amide bonds. The number of carbonyl (C=O) groups excluding carboxylic acids is 1. The van der Waals surface area contributed by atoms with Crippen molar-refractivity contribution in [2.75, 3.05) is 18.4 Å². The fraction of sp³-hybridized carbons (Fsp3) is 0.333. The molecule has 1 aromatic carbocycles. The Morgan fingerprint density at radius 3 is 2.84 bits per heavy atom. The van der Waals surface area contributed by atoms with Crippen LogP contribution in [0.5, 0.6) is 0 Å². The third-order valence-electron chi connectivity index (χ3n) is 3.53. The number of nitrogens with zero attached hydrogens (tertiary/aromatic N) is 1. The fourth-order valence-electron chi connectivity index (χ4n) is 2.14. The van der Waals surface area contributed by atoms with Gasteiger partial charge in [-0.2, -0.15) is 11.3 Å². The second kappa shape index (κ2) is 10.1. The maximum atomic E-state index is 12.1. The lowest BCUT2D eigenvalue weighted by Gasteiger charge is -2.12. The van der Waals surface area contributed by atoms with E-state index >= 15 is 0 Å². The van der Waals surface area contributed by atoms with Gasteiger partial charge in [-0.15, -0.1) is 0 Å². The molecule has 0 saturated carbocycles. The molecule has 0 aliphatic carbocycles. The molecule has 0 bridgehead atoms. The van der Waals surface area contributed by atoms with Crippen LogP contribution in [-0.4, -0.2) is 25.0 Å². The van der Waals surface area contributed by atoms with Crippen LogP contribution in [0.1, 0.15) is 24.5 Å². The predicted octanol–water partition coefficient (Wildman–Crippen LogP) is 3.79. The van der Waals surface area contributed by atoms with Crippen LogP contribution >= 0.6 is 22.9 Å². The first kappa shape index (κ1) is 19.3. The standard InChI is InChI=1S/C18H23ClN4OS/c1-3-20-18(22-11-14-8-10-25-12-14)21-9-7-17(24)23-16-6-4-5-15(19)13(16)2/h4-6,8,10,12H,3,7,9,11H2,1-2H3,(H,23,24)(H2,20,21,22). The second-order valence-electron chi connectivity index (χ2n) is 5.46. The molecule has 0 fully saturated rings. The number of guanidine groups is 1. The molecule has 0 saturated heterocycles. The summed E-state index contributed by atoms with van der Waals surface area (Å²) in [7, 11) is 0. The molecule has 0 atom stereocenters. The van der Waals surface area contributed by atoms with Gasteiger partial charge in [0.15, 0.2) is 5.96 Å². The highest BCUT2D eigenvalue weighted by atomic mass is 35.5. The van der Waals surface area contributed by atoms with Crippen LogP contribution in [0.4, 0.5) is 5.69 Å². The molecule has 25 heavy (non-hydrogen) atoms. The summed E-state index contributed by atoms with van der Waals surface area (Å²) in [6.07, 6.45) is 0.342. The highest BCUT2D eigenvalue weighted by Gasteiger charge is 2.07. The van der Waals surface area contributed by atoms with Gasteiger partial charge in [0.25, 0.3) is 0 Å². The van der Waals surface area contributed by atoms with Crippen molar-refractivity contribution in [3.05, 3.63) is 51.2 Å². The summed E-state index contributed by atoms with van der Waals surface area (Å²) in [4.78, 5) is 16.6. The number of hydrogen-bond donors (Lipinski definition) is 3. The second-order valence-corrected chi connectivity index (χ2v) is 6.65. The molecule has 2 aromatic rings. The van der Waals surface area contributed by atoms with Crippen molar-refractivity contribution >= 4 is 40.5 Å². The van der Waals surface area contributed by atoms with Crippen molar-refractivity contribution in [3.63, 3.8) is 0 Å². The topological polar surface area (TPSA) is 65.5 Å². The monoisotopic (exact) mass is 378 g/mol. The normalized spacial score (nSPS) is 11.2. The molecular formula is C18H23ClN4OS. The van der Waals surface area contributed by atoms with Gasteiger partial charge >= 0.3 is 0 Å². The van der Waals surface area contributed by atoms with Crippen molar-refractivity contribution in [2.45, 2.75) is 26.8 Å². The lowest BCUT2D eigenvalue weighted by atomic mass is 10.2. The van der Waals surface area contributed by atoms with Crippen molar-refractivity contribution in [2.24, 2.45) is 4.99 Å². The highest BCUT2D eigenvalue weighted by molar-refractivity contribution is 7.07. The van der Waals surface area contributed by atoms with Crippen molar-refractivity contribution < 1.29 is 4.79 Å². The average molecular weight is 379 g/mol. The number of carbonyl (C=O) groups is 1. The quantitative estimate of drug-likeness (QED) is 0.507. The number of nitrogens with one attached hydrogen (secondary N) is 3. The molecule has 1 heterocycles. The molecule has 1 aromatic heterocycles. The van der Waals surface area contributed by atoms with Gasteiger partial charge < -0.3 is 16.0 Å². The van der Waals surface area contributed by atoms with Crippen molar-refractivity contribution in [1.82, 2.24) is 10.6 Å². The minimum absolute atomic E-state index is 0.0634. The molecule has 0 aliphatic rings. The fourth-order valence-corrected chi connectivity index (χ4v) is 2.98. The Balaban J connectivity index is 1.81. The first-order chi connectivity index (χ1) is 12.1. The molecule has 134 valence electrons. The van der Waals surface area contributed by atoms with Crippen LogP contribution in [0, 0.1) is 6.92 Å². The zero-order valence-corrected chi connectivity index (χ0v) is 16.0. The first-order valence-electron chi connectivity index (χ1n) is 8.18. The molecule has 3 N–H and O–H groups in total. The van der Waals surface area contributed by atoms with E-state index in [1.807, 2.05) is 31.4 Å². The number of amides is 1. The van der Waals surface area contributed by atoms with Gasteiger partial charge in [-0.1, -0.05) is 17.7 Å². The minimum atomic E-state index is -0.0634. The molecule has 5 nitrogen and oxygen atoms in total. The van der Waals surface area contributed by atoms with Gasteiger partial charge in [0, 0.05) is 30.2 Å². The van der Waals surface area contributed by atoms with Crippen LogP contribution in [0.25, 0.3) is 0 Å². The summed E-state index contributed by atoms with van der Waals surface area (Å²) in [6, 6.07) is 7.53. The van der Waals surface area contributed by atoms with Crippen LogP contribution in [0.3, 0.4) is 0 Å². The summed E-state index contributed by atoms with van der Waals surface area (Å²) in [5.74, 6) is 0.645. The number of thiophene rings is 1. The molecule has 0 unspecified atom stereocenters. The first-order valence-corrected chi connectivity index (χ1v) is 9.50. The number of aliphatic imine (C=N–C) groups is 1. The van der Waals surface area contributed by atoms with Gasteiger partial charge in [-0.25, -0.2) is 4.99 Å². The lowest BCUT2D eigenvalue weighted by molar-refractivity contribution is -0.116. The lowest BCUT2D eigenvalue weighted by Crippen LogP contribution is -2.38. The molecule has 0 spiro atoms. The SMILES string of the molecule is CCNC(=NCc1ccsc1)NCCC(=O)Nc1cccc(Cl)c1C. The van der Waals surface area contributed by atoms with Gasteiger partial charge in [0.1, 0.15) is 0 Å². The average Bonchev–Trinajstić information content (AvgIpc) is 3.10. The van der Waals surface area contributed by atoms with Crippen LogP contribution in [-0.2, 0) is 11.3 Å². The maximum absolute atomic E-state index is 12.1. The molecular weight excluding hydrogens is 356 g/mol. The van der Waals surface area contributed by atoms with Crippen molar-refractivity contribution in [3.8, 4) is 0 Å². The van der Waals surface area contributed by atoms with Crippen LogP contribution in [0.2, 0.25) is 5.02 Å². The zero-order chi connectivity index (χ0) is 18.1. The Morgan fingerprint density at radius 2 is 2.12 bits per heavy atom. The summed E-state index contributed by atoms with van der Waals surface area (Å²) < 4.78 is 0. The minimum Gasteiger partial charge on any atom is -0.357 e. The zero-order valence-electron chi connectivity index (χ0n) is 14.4. The summed E-state index contributed by atoms with van der Waals surface area (Å²) >= 11 is 7.73. The van der Waals surface area contributed by atoms with E-state index in [4.69, 9.17) is 11.6 Å². The summed E-state index contributed by atoms with van der Waals surface area (Å²) in [6.45, 7) is 5.78. The number of benzene rings is 1.